The molecule has 0 unspecified atom stereocenters. The van der Waals surface area contributed by atoms with Crippen molar-refractivity contribution in [2.24, 2.45) is 0 Å². The van der Waals surface area contributed by atoms with Gasteiger partial charge in [-0.3, -0.25) is 9.59 Å². The van der Waals surface area contributed by atoms with Gasteiger partial charge >= 0.3 is 0 Å². The van der Waals surface area contributed by atoms with E-state index in [1.807, 2.05) is 30.5 Å². The van der Waals surface area contributed by atoms with E-state index in [4.69, 9.17) is 0 Å². The average Bonchev–Trinajstić information content (AvgIpc) is 3.03. The molecule has 0 saturated carbocycles. The normalized spacial score (nSPS) is 10.6. The molecule has 0 atom stereocenters. The number of hydrogen-bond acceptors (Lipinski definition) is 3. The summed E-state index contributed by atoms with van der Waals surface area (Å²) in [7, 11) is 0. The van der Waals surface area contributed by atoms with Gasteiger partial charge in [0.2, 0.25) is 5.91 Å². The summed E-state index contributed by atoms with van der Waals surface area (Å²) in [5.74, 6) is 0.105. The lowest BCUT2D eigenvalue weighted by Gasteiger charge is -2.16. The van der Waals surface area contributed by atoms with E-state index < -0.39 is 0 Å². The Morgan fingerprint density at radius 2 is 2.00 bits per heavy atom. The number of carbonyl (C=O) groups excluding carboxylic acids is 2. The largest absolute Gasteiger partial charge is 0.351 e. The Morgan fingerprint density at radius 3 is 2.65 bits per heavy atom. The van der Waals surface area contributed by atoms with Crippen molar-refractivity contribution in [1.82, 2.24) is 5.32 Å². The highest BCUT2D eigenvalue weighted by Crippen LogP contribution is 2.27. The smallest absolute Gasteiger partial charge is 0.252 e. The number of aryl methyl sites for hydroxylation is 1. The van der Waals surface area contributed by atoms with Gasteiger partial charge in [-0.15, -0.1) is 0 Å². The Kier molecular flexibility index (Phi) is 5.93. The molecule has 0 aliphatic rings. The molecule has 2 amide bonds. The molecule has 0 bridgehead atoms. The van der Waals surface area contributed by atoms with Crippen molar-refractivity contribution in [3.05, 3.63) is 51.7 Å². The average molecular weight is 330 g/mol. The van der Waals surface area contributed by atoms with E-state index in [-0.39, 0.29) is 18.2 Å². The molecule has 0 aliphatic heterocycles. The molecule has 0 saturated heterocycles. The van der Waals surface area contributed by atoms with Gasteiger partial charge in [-0.1, -0.05) is 32.0 Å². The fraction of sp³-hybridized carbons (Fsp3) is 0.333. The van der Waals surface area contributed by atoms with E-state index in [1.54, 1.807) is 11.4 Å². The zero-order valence-electron chi connectivity index (χ0n) is 13.7. The van der Waals surface area contributed by atoms with Crippen LogP contribution in [-0.2, 0) is 4.79 Å². The van der Waals surface area contributed by atoms with Gasteiger partial charge in [-0.05, 0) is 35.4 Å². The second-order valence-electron chi connectivity index (χ2n) is 5.76. The maximum atomic E-state index is 12.1. The molecule has 4 nitrogen and oxygen atoms in total. The van der Waals surface area contributed by atoms with E-state index >= 15 is 0 Å². The molecule has 23 heavy (non-hydrogen) atoms. The van der Waals surface area contributed by atoms with Crippen LogP contribution in [0.1, 0.15) is 47.7 Å². The fourth-order valence-electron chi connectivity index (χ4n) is 2.33. The van der Waals surface area contributed by atoms with Crippen molar-refractivity contribution >= 4 is 28.8 Å². The molecule has 5 heteroatoms. The van der Waals surface area contributed by atoms with E-state index in [1.165, 1.54) is 11.3 Å². The van der Waals surface area contributed by atoms with Crippen molar-refractivity contribution in [2.45, 2.75) is 33.1 Å². The number of para-hydroxylation sites is 1. The van der Waals surface area contributed by atoms with Gasteiger partial charge < -0.3 is 10.6 Å². The van der Waals surface area contributed by atoms with Crippen LogP contribution in [0.4, 0.5) is 5.69 Å². The van der Waals surface area contributed by atoms with E-state index in [0.29, 0.717) is 18.0 Å². The molecule has 1 aromatic heterocycles. The van der Waals surface area contributed by atoms with Crippen LogP contribution in [0.25, 0.3) is 0 Å². The van der Waals surface area contributed by atoms with Gasteiger partial charge in [0, 0.05) is 29.6 Å². The summed E-state index contributed by atoms with van der Waals surface area (Å²) in [4.78, 5) is 24.0. The predicted molar refractivity (Wildman–Crippen MR) is 95.2 cm³/mol. The maximum Gasteiger partial charge on any atom is 0.252 e. The number of amides is 2. The second-order valence-corrected chi connectivity index (χ2v) is 6.54. The number of nitrogens with one attached hydrogen (secondary N) is 2. The van der Waals surface area contributed by atoms with Crippen molar-refractivity contribution < 1.29 is 9.59 Å². The van der Waals surface area contributed by atoms with Gasteiger partial charge in [0.1, 0.15) is 0 Å². The minimum absolute atomic E-state index is 0.0909. The molecule has 2 aromatic rings. The van der Waals surface area contributed by atoms with Crippen molar-refractivity contribution in [3.8, 4) is 0 Å². The van der Waals surface area contributed by atoms with Crippen molar-refractivity contribution in [3.63, 3.8) is 0 Å². The van der Waals surface area contributed by atoms with Crippen LogP contribution in [0.5, 0.6) is 0 Å². The second kappa shape index (κ2) is 7.92. The van der Waals surface area contributed by atoms with Crippen LogP contribution >= 0.6 is 11.3 Å². The highest BCUT2D eigenvalue weighted by Gasteiger charge is 2.12. The molecule has 122 valence electrons. The topological polar surface area (TPSA) is 58.2 Å². The zero-order chi connectivity index (χ0) is 16.8. The summed E-state index contributed by atoms with van der Waals surface area (Å²) >= 11 is 1.48. The quantitative estimate of drug-likeness (QED) is 0.843. The van der Waals surface area contributed by atoms with Crippen LogP contribution < -0.4 is 10.6 Å². The monoisotopic (exact) mass is 330 g/mol. The van der Waals surface area contributed by atoms with Crippen molar-refractivity contribution in [1.29, 1.82) is 0 Å². The fourth-order valence-corrected chi connectivity index (χ4v) is 2.97. The number of anilines is 1. The number of thiophene rings is 1. The zero-order valence-corrected chi connectivity index (χ0v) is 14.5. The highest BCUT2D eigenvalue weighted by molar-refractivity contribution is 7.08. The standard InChI is InChI=1S/C18H22N2O2S/c1-12(2)15-6-4-5-13(3)17(15)20-16(21)7-9-19-18(22)14-8-10-23-11-14/h4-6,8,10-12H,7,9H2,1-3H3,(H,19,22)(H,20,21). The number of benzene rings is 1. The minimum atomic E-state index is -0.141. The maximum absolute atomic E-state index is 12.1. The molecule has 2 rings (SSSR count). The first-order valence-corrected chi connectivity index (χ1v) is 8.63. The van der Waals surface area contributed by atoms with Crippen LogP contribution in [0, 0.1) is 6.92 Å². The minimum Gasteiger partial charge on any atom is -0.351 e. The molecule has 1 aromatic carbocycles. The number of carbonyl (C=O) groups is 2. The van der Waals surface area contributed by atoms with Gasteiger partial charge in [0.05, 0.1) is 0 Å². The molecule has 0 radical (unpaired) electrons. The highest BCUT2D eigenvalue weighted by atomic mass is 32.1. The summed E-state index contributed by atoms with van der Waals surface area (Å²) in [6, 6.07) is 7.79. The Labute approximate surface area is 140 Å². The first-order chi connectivity index (χ1) is 11.0. The Balaban J connectivity index is 1.89. The predicted octanol–water partition coefficient (Wildman–Crippen LogP) is 3.94. The Morgan fingerprint density at radius 1 is 1.22 bits per heavy atom. The third kappa shape index (κ3) is 4.66. The number of rotatable bonds is 6. The molecular weight excluding hydrogens is 308 g/mol. The van der Waals surface area contributed by atoms with E-state index in [9.17, 15) is 9.59 Å². The lowest BCUT2D eigenvalue weighted by atomic mass is 9.98. The SMILES string of the molecule is Cc1cccc(C(C)C)c1NC(=O)CCNC(=O)c1ccsc1. The van der Waals surface area contributed by atoms with Crippen LogP contribution in [0.3, 0.4) is 0 Å². The van der Waals surface area contributed by atoms with Gasteiger partial charge in [-0.2, -0.15) is 11.3 Å². The molecule has 0 aliphatic carbocycles. The molecule has 0 fully saturated rings. The summed E-state index contributed by atoms with van der Waals surface area (Å²) in [5, 5.41) is 9.38. The van der Waals surface area contributed by atoms with Gasteiger partial charge in [0.15, 0.2) is 0 Å². The molecule has 0 spiro atoms. The lowest BCUT2D eigenvalue weighted by molar-refractivity contribution is -0.116. The Bertz CT molecular complexity index is 678. The third-order valence-corrected chi connectivity index (χ3v) is 4.30. The summed E-state index contributed by atoms with van der Waals surface area (Å²) in [6.45, 7) is 6.51. The third-order valence-electron chi connectivity index (χ3n) is 3.61. The van der Waals surface area contributed by atoms with Crippen LogP contribution in [-0.4, -0.2) is 18.4 Å². The summed E-state index contributed by atoms with van der Waals surface area (Å²) in [6.07, 6.45) is 0.252. The first kappa shape index (κ1) is 17.2. The van der Waals surface area contributed by atoms with Crippen LogP contribution in [0.15, 0.2) is 35.0 Å². The van der Waals surface area contributed by atoms with Gasteiger partial charge in [0.25, 0.3) is 5.91 Å². The van der Waals surface area contributed by atoms with E-state index in [2.05, 4.69) is 24.5 Å². The summed E-state index contributed by atoms with van der Waals surface area (Å²) < 4.78 is 0. The van der Waals surface area contributed by atoms with Crippen LogP contribution in [0.2, 0.25) is 0 Å². The Hall–Kier alpha value is -2.14. The molecule has 2 N–H and O–H groups in total. The van der Waals surface area contributed by atoms with Gasteiger partial charge in [-0.25, -0.2) is 0 Å². The molecular formula is C18H22N2O2S. The summed E-state index contributed by atoms with van der Waals surface area (Å²) in [5.41, 5.74) is 3.69. The van der Waals surface area contributed by atoms with Crippen molar-refractivity contribution in [2.75, 3.05) is 11.9 Å². The number of hydrogen-bond donors (Lipinski definition) is 2. The lowest BCUT2D eigenvalue weighted by Crippen LogP contribution is -2.27. The molecule has 1 heterocycles. The first-order valence-electron chi connectivity index (χ1n) is 7.68. The van der Waals surface area contributed by atoms with E-state index in [0.717, 1.165) is 16.8 Å².